The molecular formula is C20H29NO2SSi. The van der Waals surface area contributed by atoms with Crippen molar-refractivity contribution in [3.05, 3.63) is 35.9 Å². The van der Waals surface area contributed by atoms with Crippen molar-refractivity contribution >= 4 is 39.9 Å². The second-order valence-electron chi connectivity index (χ2n) is 7.19. The van der Waals surface area contributed by atoms with Crippen LogP contribution in [0.4, 0.5) is 0 Å². The van der Waals surface area contributed by atoms with Gasteiger partial charge in [-0.15, -0.1) is 17.9 Å². The first kappa shape index (κ1) is 19.7. The van der Waals surface area contributed by atoms with Crippen molar-refractivity contribution in [3.63, 3.8) is 0 Å². The predicted molar refractivity (Wildman–Crippen MR) is 113 cm³/mol. The van der Waals surface area contributed by atoms with Crippen LogP contribution in [0.1, 0.15) is 29.8 Å². The highest BCUT2D eigenvalue weighted by Crippen LogP contribution is 2.37. The van der Waals surface area contributed by atoms with Crippen LogP contribution in [0.15, 0.2) is 24.8 Å². The molecule has 0 radical (unpaired) electrons. The molecule has 0 aliphatic heterocycles. The van der Waals surface area contributed by atoms with Crippen molar-refractivity contribution in [1.29, 1.82) is 0 Å². The van der Waals surface area contributed by atoms with E-state index >= 15 is 0 Å². The molecule has 0 spiro atoms. The molecule has 0 unspecified atom stereocenters. The minimum Gasteiger partial charge on any atom is -0.494 e. The summed E-state index contributed by atoms with van der Waals surface area (Å²) in [6, 6.07) is 4.43. The zero-order valence-corrected chi connectivity index (χ0v) is 18.0. The number of ether oxygens (including phenoxy) is 1. The van der Waals surface area contributed by atoms with Crippen LogP contribution >= 0.6 is 11.3 Å². The van der Waals surface area contributed by atoms with Crippen LogP contribution in [-0.4, -0.2) is 39.1 Å². The monoisotopic (exact) mass is 375 g/mol. The van der Waals surface area contributed by atoms with Gasteiger partial charge in [0.2, 0.25) is 0 Å². The van der Waals surface area contributed by atoms with Gasteiger partial charge in [0.15, 0.2) is 0 Å². The average Bonchev–Trinajstić information content (AvgIpc) is 2.98. The summed E-state index contributed by atoms with van der Waals surface area (Å²) in [7, 11) is 0.245. The van der Waals surface area contributed by atoms with E-state index in [0.29, 0.717) is 25.1 Å². The Labute approximate surface area is 156 Å². The maximum atomic E-state index is 13.2. The number of thiophene rings is 1. The molecule has 3 nitrogen and oxygen atoms in total. The van der Waals surface area contributed by atoms with Crippen molar-refractivity contribution in [1.82, 2.24) is 4.90 Å². The molecule has 5 heteroatoms. The van der Waals surface area contributed by atoms with Gasteiger partial charge in [0.1, 0.15) is 5.75 Å². The van der Waals surface area contributed by atoms with E-state index < -0.39 is 8.07 Å². The van der Waals surface area contributed by atoms with Crippen molar-refractivity contribution < 1.29 is 9.53 Å². The fourth-order valence-corrected chi connectivity index (χ4v) is 6.03. The molecule has 0 fully saturated rings. The van der Waals surface area contributed by atoms with Gasteiger partial charge in [0.25, 0.3) is 5.91 Å². The second-order valence-corrected chi connectivity index (χ2v) is 13.6. The lowest BCUT2D eigenvalue weighted by Crippen LogP contribution is -2.34. The molecule has 136 valence electrons. The molecule has 0 aliphatic carbocycles. The third-order valence-corrected chi connectivity index (χ3v) is 9.15. The Kier molecular flexibility index (Phi) is 6.11. The third-order valence-electron chi connectivity index (χ3n) is 4.42. The number of hydrogen-bond acceptors (Lipinski definition) is 3. The second kappa shape index (κ2) is 7.75. The first-order valence-electron chi connectivity index (χ1n) is 8.82. The van der Waals surface area contributed by atoms with Gasteiger partial charge in [-0.2, -0.15) is 0 Å². The van der Waals surface area contributed by atoms with Gasteiger partial charge in [-0.3, -0.25) is 4.79 Å². The molecular weight excluding hydrogens is 346 g/mol. The van der Waals surface area contributed by atoms with Crippen LogP contribution in [0.2, 0.25) is 19.6 Å². The highest BCUT2D eigenvalue weighted by Gasteiger charge is 2.26. The van der Waals surface area contributed by atoms with E-state index in [-0.39, 0.29) is 5.91 Å². The topological polar surface area (TPSA) is 29.5 Å². The summed E-state index contributed by atoms with van der Waals surface area (Å²) < 4.78 is 8.29. The summed E-state index contributed by atoms with van der Waals surface area (Å²) in [5.41, 5.74) is 1.69. The van der Waals surface area contributed by atoms with E-state index in [1.165, 1.54) is 9.89 Å². The summed E-state index contributed by atoms with van der Waals surface area (Å²) in [5, 5.41) is 1.17. The van der Waals surface area contributed by atoms with Crippen LogP contribution in [0.5, 0.6) is 5.75 Å². The molecule has 0 aliphatic rings. The van der Waals surface area contributed by atoms with Gasteiger partial charge < -0.3 is 9.64 Å². The van der Waals surface area contributed by atoms with Gasteiger partial charge in [0, 0.05) is 13.1 Å². The Morgan fingerprint density at radius 3 is 2.40 bits per heavy atom. The maximum Gasteiger partial charge on any atom is 0.257 e. The number of rotatable bonds is 7. The van der Waals surface area contributed by atoms with E-state index in [2.05, 4.69) is 38.4 Å². The first-order valence-corrected chi connectivity index (χ1v) is 13.1. The largest absolute Gasteiger partial charge is 0.494 e. The standard InChI is InChI=1S/C20H29NO2SSi/c1-8-11-14-12-15-13-16(25(5,6)7)24-19(15)18(23-4)17(14)20(22)21(9-2)10-3/h8,12-13H,1,9-11H2,2-7H3. The van der Waals surface area contributed by atoms with E-state index in [0.717, 1.165) is 16.0 Å². The lowest BCUT2D eigenvalue weighted by Gasteiger charge is -2.22. The third kappa shape index (κ3) is 3.82. The van der Waals surface area contributed by atoms with Crippen LogP contribution in [0, 0.1) is 0 Å². The van der Waals surface area contributed by atoms with Gasteiger partial charge >= 0.3 is 0 Å². The Morgan fingerprint density at radius 2 is 1.92 bits per heavy atom. The normalized spacial score (nSPS) is 11.6. The molecule has 2 aromatic rings. The number of nitrogens with zero attached hydrogens (tertiary/aromatic N) is 1. The Balaban J connectivity index is 2.79. The zero-order chi connectivity index (χ0) is 18.8. The van der Waals surface area contributed by atoms with Crippen LogP contribution in [0.25, 0.3) is 10.1 Å². The molecule has 1 aromatic carbocycles. The van der Waals surface area contributed by atoms with Crippen LogP contribution < -0.4 is 9.24 Å². The van der Waals surface area contributed by atoms with Crippen molar-refractivity contribution in [2.45, 2.75) is 39.9 Å². The van der Waals surface area contributed by atoms with E-state index in [1.807, 2.05) is 24.8 Å². The Hall–Kier alpha value is -1.59. The number of allylic oxidation sites excluding steroid dienone is 1. The number of amides is 1. The highest BCUT2D eigenvalue weighted by molar-refractivity contribution is 7.31. The minimum atomic E-state index is -1.42. The number of methoxy groups -OCH3 is 1. The summed E-state index contributed by atoms with van der Waals surface area (Å²) in [4.78, 5) is 15.0. The lowest BCUT2D eigenvalue weighted by atomic mass is 10.00. The lowest BCUT2D eigenvalue weighted by molar-refractivity contribution is 0.0769. The predicted octanol–water partition coefficient (Wildman–Crippen LogP) is 4.67. The SMILES string of the molecule is C=CCc1cc2cc([Si](C)(C)C)sc2c(OC)c1C(=O)N(CC)CC. The molecule has 0 saturated carbocycles. The summed E-state index contributed by atoms with van der Waals surface area (Å²) in [5.74, 6) is 0.768. The van der Waals surface area contributed by atoms with E-state index in [1.54, 1.807) is 18.4 Å². The van der Waals surface area contributed by atoms with Crippen LogP contribution in [0.3, 0.4) is 0 Å². The number of carbonyl (C=O) groups excluding carboxylic acids is 1. The van der Waals surface area contributed by atoms with Gasteiger partial charge in [0.05, 0.1) is 25.4 Å². The average molecular weight is 376 g/mol. The Morgan fingerprint density at radius 1 is 1.28 bits per heavy atom. The number of hydrogen-bond donors (Lipinski definition) is 0. The molecule has 0 N–H and O–H groups in total. The fraction of sp³-hybridized carbons (Fsp3) is 0.450. The number of benzene rings is 1. The quantitative estimate of drug-likeness (QED) is 0.520. The molecule has 1 heterocycles. The highest BCUT2D eigenvalue weighted by atomic mass is 32.1. The summed E-state index contributed by atoms with van der Waals surface area (Å²) in [6.07, 6.45) is 2.51. The Bertz CT molecular complexity index is 785. The molecule has 0 atom stereocenters. The van der Waals surface area contributed by atoms with Crippen molar-refractivity contribution in [3.8, 4) is 5.75 Å². The van der Waals surface area contributed by atoms with Gasteiger partial charge in [-0.25, -0.2) is 0 Å². The van der Waals surface area contributed by atoms with Crippen molar-refractivity contribution in [2.24, 2.45) is 0 Å². The van der Waals surface area contributed by atoms with E-state index in [4.69, 9.17) is 4.74 Å². The van der Waals surface area contributed by atoms with Crippen molar-refractivity contribution in [2.75, 3.05) is 20.2 Å². The first-order chi connectivity index (χ1) is 11.8. The summed E-state index contributed by atoms with van der Waals surface area (Å²) in [6.45, 7) is 16.3. The number of fused-ring (bicyclic) bond motifs is 1. The minimum absolute atomic E-state index is 0.0450. The maximum absolute atomic E-state index is 13.2. The molecule has 0 saturated heterocycles. The molecule has 1 amide bonds. The molecule has 2 rings (SSSR count). The summed E-state index contributed by atoms with van der Waals surface area (Å²) >= 11 is 1.78. The fourth-order valence-electron chi connectivity index (χ4n) is 2.99. The zero-order valence-electron chi connectivity index (χ0n) is 16.2. The van der Waals surface area contributed by atoms with Crippen LogP contribution in [-0.2, 0) is 6.42 Å². The van der Waals surface area contributed by atoms with Gasteiger partial charge in [-0.1, -0.05) is 25.7 Å². The smallest absolute Gasteiger partial charge is 0.257 e. The van der Waals surface area contributed by atoms with Gasteiger partial charge in [-0.05, 0) is 47.9 Å². The molecule has 25 heavy (non-hydrogen) atoms. The molecule has 1 aromatic heterocycles. The van der Waals surface area contributed by atoms with E-state index in [9.17, 15) is 4.79 Å². The number of carbonyl (C=O) groups is 1. The molecule has 0 bridgehead atoms.